The first-order chi connectivity index (χ1) is 15.8. The van der Waals surface area contributed by atoms with E-state index in [1.807, 2.05) is 0 Å². The van der Waals surface area contributed by atoms with Gasteiger partial charge in [0.05, 0.1) is 16.3 Å². The molecule has 2 aromatic heterocycles. The van der Waals surface area contributed by atoms with Crippen LogP contribution in [0.2, 0.25) is 0 Å². The molecule has 1 unspecified atom stereocenters. The number of phenolic OH excluding ortho intramolecular Hbond substituents is 1. The number of anilines is 1. The molecule has 33 heavy (non-hydrogen) atoms. The second kappa shape index (κ2) is 7.75. The highest BCUT2D eigenvalue weighted by Gasteiger charge is 2.48. The first-order valence-corrected chi connectivity index (χ1v) is 10.4. The van der Waals surface area contributed by atoms with Crippen LogP contribution in [-0.2, 0) is 9.59 Å². The Kier molecular flexibility index (Phi) is 4.86. The number of nitrogens with zero attached hydrogens (tertiary/aromatic N) is 3. The number of benzene rings is 2. The fourth-order valence-electron chi connectivity index (χ4n) is 3.72. The number of aliphatic hydroxyl groups is 1. The molecule has 3 heterocycles. The van der Waals surface area contributed by atoms with Gasteiger partial charge in [-0.1, -0.05) is 23.5 Å². The first kappa shape index (κ1) is 20.7. The van der Waals surface area contributed by atoms with Gasteiger partial charge >= 0.3 is 5.91 Å². The lowest BCUT2D eigenvalue weighted by atomic mass is 9.95. The number of halogens is 2. The van der Waals surface area contributed by atoms with Crippen molar-refractivity contribution in [2.75, 3.05) is 4.90 Å². The summed E-state index contributed by atoms with van der Waals surface area (Å²) >= 11 is 0.838. The number of Topliss-reactive ketones (excluding diaryl/α,β-unsaturated/α-hetero) is 1. The van der Waals surface area contributed by atoms with Gasteiger partial charge in [-0.15, -0.1) is 0 Å². The number of aromatic hydroxyl groups is 1. The van der Waals surface area contributed by atoms with Crippen LogP contribution < -0.4 is 4.90 Å². The molecule has 7 nitrogen and oxygen atoms in total. The largest absolute Gasteiger partial charge is 0.508 e. The number of aliphatic hydroxyl groups excluding tert-OH is 1. The number of hydrogen-bond donors (Lipinski definition) is 2. The SMILES string of the molecule is O=C1C(=O)N(c2nc3c(F)cc(F)cc3s2)C(c2ccc(O)cc2)/C1=C(\O)c1ccncc1. The molecule has 1 fully saturated rings. The van der Waals surface area contributed by atoms with E-state index in [9.17, 15) is 28.6 Å². The molecule has 2 N–H and O–H groups in total. The number of fused-ring (bicyclic) bond motifs is 1. The molecule has 1 amide bonds. The van der Waals surface area contributed by atoms with Crippen molar-refractivity contribution < 1.29 is 28.6 Å². The summed E-state index contributed by atoms with van der Waals surface area (Å²) < 4.78 is 28.1. The van der Waals surface area contributed by atoms with Crippen molar-refractivity contribution in [3.05, 3.63) is 89.3 Å². The molecule has 0 bridgehead atoms. The van der Waals surface area contributed by atoms with Crippen molar-refractivity contribution in [1.29, 1.82) is 0 Å². The van der Waals surface area contributed by atoms with Gasteiger partial charge in [0.2, 0.25) is 0 Å². The second-order valence-electron chi connectivity index (χ2n) is 7.23. The van der Waals surface area contributed by atoms with Gasteiger partial charge in [-0.25, -0.2) is 13.8 Å². The molecule has 1 aliphatic rings. The molecular weight excluding hydrogens is 452 g/mol. The number of rotatable bonds is 3. The summed E-state index contributed by atoms with van der Waals surface area (Å²) in [7, 11) is 0. The number of aromatic nitrogens is 2. The fourth-order valence-corrected chi connectivity index (χ4v) is 4.75. The van der Waals surface area contributed by atoms with E-state index >= 15 is 0 Å². The third kappa shape index (κ3) is 3.40. The zero-order chi connectivity index (χ0) is 23.3. The maximum Gasteiger partial charge on any atom is 0.301 e. The summed E-state index contributed by atoms with van der Waals surface area (Å²) in [4.78, 5) is 35.2. The van der Waals surface area contributed by atoms with E-state index in [0.717, 1.165) is 22.3 Å². The van der Waals surface area contributed by atoms with Crippen LogP contribution in [0.3, 0.4) is 0 Å². The Balaban J connectivity index is 1.75. The Hall–Kier alpha value is -4.18. The van der Waals surface area contributed by atoms with Gasteiger partial charge in [0.25, 0.3) is 5.78 Å². The molecule has 4 aromatic rings. The summed E-state index contributed by atoms with van der Waals surface area (Å²) in [5, 5.41) is 20.6. The molecule has 0 radical (unpaired) electrons. The summed E-state index contributed by atoms with van der Waals surface area (Å²) in [6.07, 6.45) is 2.84. The zero-order valence-electron chi connectivity index (χ0n) is 16.6. The third-order valence-electron chi connectivity index (χ3n) is 5.21. The highest BCUT2D eigenvalue weighted by Crippen LogP contribution is 2.44. The normalized spacial score (nSPS) is 17.8. The lowest BCUT2D eigenvalue weighted by molar-refractivity contribution is -0.132. The number of ketones is 1. The van der Waals surface area contributed by atoms with Crippen molar-refractivity contribution in [3.63, 3.8) is 0 Å². The summed E-state index contributed by atoms with van der Waals surface area (Å²) in [5.41, 5.74) is 0.317. The third-order valence-corrected chi connectivity index (χ3v) is 6.22. The van der Waals surface area contributed by atoms with Crippen molar-refractivity contribution in [2.24, 2.45) is 0 Å². The Bertz CT molecular complexity index is 1450. The average molecular weight is 465 g/mol. The molecule has 0 aliphatic carbocycles. The molecular formula is C23H13F2N3O4S. The zero-order valence-corrected chi connectivity index (χ0v) is 17.4. The van der Waals surface area contributed by atoms with Gasteiger partial charge < -0.3 is 10.2 Å². The average Bonchev–Trinajstić information content (AvgIpc) is 3.33. The topological polar surface area (TPSA) is 104 Å². The van der Waals surface area contributed by atoms with Crippen molar-refractivity contribution in [2.45, 2.75) is 6.04 Å². The Labute approximate surface area is 188 Å². The van der Waals surface area contributed by atoms with Crippen LogP contribution >= 0.6 is 11.3 Å². The molecule has 1 saturated heterocycles. The number of thiazole rings is 1. The maximum atomic E-state index is 14.3. The fraction of sp³-hybridized carbons (Fsp3) is 0.0435. The minimum atomic E-state index is -1.12. The van der Waals surface area contributed by atoms with E-state index in [0.29, 0.717) is 11.6 Å². The molecule has 10 heteroatoms. The Morgan fingerprint density at radius 2 is 1.73 bits per heavy atom. The molecule has 1 aliphatic heterocycles. The second-order valence-corrected chi connectivity index (χ2v) is 8.24. The van der Waals surface area contributed by atoms with E-state index in [2.05, 4.69) is 9.97 Å². The first-order valence-electron chi connectivity index (χ1n) is 9.61. The highest BCUT2D eigenvalue weighted by molar-refractivity contribution is 7.22. The Morgan fingerprint density at radius 3 is 2.42 bits per heavy atom. The molecule has 0 saturated carbocycles. The van der Waals surface area contributed by atoms with E-state index in [4.69, 9.17) is 0 Å². The van der Waals surface area contributed by atoms with Gasteiger partial charge in [0.15, 0.2) is 10.9 Å². The lowest BCUT2D eigenvalue weighted by Gasteiger charge is -2.23. The van der Waals surface area contributed by atoms with Crippen LogP contribution in [0, 0.1) is 11.6 Å². The van der Waals surface area contributed by atoms with Crippen LogP contribution in [0.25, 0.3) is 16.0 Å². The van der Waals surface area contributed by atoms with E-state index in [-0.39, 0.29) is 32.2 Å². The minimum absolute atomic E-state index is 0.0385. The number of carbonyl (C=O) groups excluding carboxylic acids is 2. The predicted molar refractivity (Wildman–Crippen MR) is 117 cm³/mol. The van der Waals surface area contributed by atoms with Gasteiger partial charge in [0.1, 0.15) is 22.8 Å². The molecule has 5 rings (SSSR count). The summed E-state index contributed by atoms with van der Waals surface area (Å²) in [5.74, 6) is -4.11. The summed E-state index contributed by atoms with van der Waals surface area (Å²) in [6.45, 7) is 0. The smallest absolute Gasteiger partial charge is 0.301 e. The number of pyridine rings is 1. The number of amides is 1. The molecule has 1 atom stereocenters. The van der Waals surface area contributed by atoms with Gasteiger partial charge in [-0.3, -0.25) is 19.5 Å². The van der Waals surface area contributed by atoms with Crippen molar-refractivity contribution >= 4 is 44.1 Å². The highest BCUT2D eigenvalue weighted by atomic mass is 32.1. The molecule has 2 aromatic carbocycles. The van der Waals surface area contributed by atoms with E-state index < -0.39 is 35.1 Å². The van der Waals surface area contributed by atoms with Crippen molar-refractivity contribution in [1.82, 2.24) is 9.97 Å². The van der Waals surface area contributed by atoms with Gasteiger partial charge in [-0.05, 0) is 35.9 Å². The molecule has 164 valence electrons. The standard InChI is InChI=1S/C23H13F2N3O4S/c24-13-9-15(25)18-16(10-13)33-23(27-18)28-19(11-1-3-14(29)4-2-11)17(21(31)22(28)32)20(30)12-5-7-26-8-6-12/h1-10,19,29-30H/b20-17+. The summed E-state index contributed by atoms with van der Waals surface area (Å²) in [6, 6.07) is 9.33. The Morgan fingerprint density at radius 1 is 1.03 bits per heavy atom. The van der Waals surface area contributed by atoms with Crippen LogP contribution in [-0.4, -0.2) is 31.9 Å². The maximum absolute atomic E-state index is 14.3. The van der Waals surface area contributed by atoms with Crippen molar-refractivity contribution in [3.8, 4) is 5.75 Å². The van der Waals surface area contributed by atoms with Gasteiger partial charge in [-0.2, -0.15) is 0 Å². The molecule has 0 spiro atoms. The number of carbonyl (C=O) groups is 2. The van der Waals surface area contributed by atoms with E-state index in [1.165, 1.54) is 48.8 Å². The number of hydrogen-bond acceptors (Lipinski definition) is 7. The van der Waals surface area contributed by atoms with Crippen LogP contribution in [0.4, 0.5) is 13.9 Å². The van der Waals surface area contributed by atoms with Gasteiger partial charge in [0, 0.05) is 24.0 Å². The monoisotopic (exact) mass is 465 g/mol. The van der Waals surface area contributed by atoms with E-state index in [1.54, 1.807) is 0 Å². The lowest BCUT2D eigenvalue weighted by Crippen LogP contribution is -2.29. The van der Waals surface area contributed by atoms with Crippen LogP contribution in [0.5, 0.6) is 5.75 Å². The minimum Gasteiger partial charge on any atom is -0.508 e. The number of phenols is 1. The predicted octanol–water partition coefficient (Wildman–Crippen LogP) is 4.30. The van der Waals surface area contributed by atoms with Crippen LogP contribution in [0.15, 0.2) is 66.5 Å². The van der Waals surface area contributed by atoms with Crippen LogP contribution in [0.1, 0.15) is 17.2 Å². The quantitative estimate of drug-likeness (QED) is 0.266.